The lowest BCUT2D eigenvalue weighted by Crippen LogP contribution is -2.47. The molecule has 0 unspecified atom stereocenters. The lowest BCUT2D eigenvalue weighted by molar-refractivity contribution is 0.475. The first kappa shape index (κ1) is 18.8. The Morgan fingerprint density at radius 1 is 0.680 bits per heavy atom. The maximum absolute atomic E-state index is 8.76. The number of phenolic OH excluding ortho intramolecular Hbond substituents is 1. The second-order valence-electron chi connectivity index (χ2n) is 6.63. The van der Waals surface area contributed by atoms with Gasteiger partial charge in [-0.3, -0.25) is 0 Å². The molecular weight excluding hydrogens is 324 g/mol. The third-order valence-corrected chi connectivity index (χ3v) is 6.37. The maximum atomic E-state index is 8.76. The zero-order valence-corrected chi connectivity index (χ0v) is 16.4. The second kappa shape index (κ2) is 8.54. The Bertz CT molecular complexity index is 742. The van der Waals surface area contributed by atoms with Crippen LogP contribution in [0.4, 0.5) is 0 Å². The first-order valence-electron chi connectivity index (χ1n) is 8.44. The molecule has 0 saturated heterocycles. The molecule has 3 aromatic carbocycles. The van der Waals surface area contributed by atoms with Gasteiger partial charge in [-0.05, 0) is 56.4 Å². The number of phenols is 1. The van der Waals surface area contributed by atoms with Crippen LogP contribution in [0.1, 0.15) is 11.1 Å². The van der Waals surface area contributed by atoms with Gasteiger partial charge in [0.05, 0.1) is 0 Å². The first-order chi connectivity index (χ1) is 11.9. The van der Waals surface area contributed by atoms with Crippen molar-refractivity contribution in [3.63, 3.8) is 0 Å². The van der Waals surface area contributed by atoms with E-state index in [0.717, 1.165) is 5.75 Å². The summed E-state index contributed by atoms with van der Waals surface area (Å²) in [4.78, 5) is 0. The molecule has 2 nitrogen and oxygen atoms in total. The van der Waals surface area contributed by atoms with Crippen molar-refractivity contribution in [3.8, 4) is 11.5 Å². The van der Waals surface area contributed by atoms with Gasteiger partial charge in [-0.15, -0.1) is 0 Å². The molecule has 0 spiro atoms. The van der Waals surface area contributed by atoms with E-state index in [1.165, 1.54) is 16.3 Å². The molecule has 0 saturated carbocycles. The van der Waals surface area contributed by atoms with E-state index in [-0.39, 0.29) is 0 Å². The summed E-state index contributed by atoms with van der Waals surface area (Å²) >= 11 is 0. The summed E-state index contributed by atoms with van der Waals surface area (Å²) in [6, 6.07) is 25.9. The van der Waals surface area contributed by atoms with Gasteiger partial charge in [-0.1, -0.05) is 65.7 Å². The summed E-state index contributed by atoms with van der Waals surface area (Å²) in [5.41, 5.74) is 2.43. The SMILES string of the molecule is Cc1ccc(O)cc1.Cc1ccc(O[Si](C)(C)c2ccccc2)cc1. The largest absolute Gasteiger partial charge is 0.540 e. The van der Waals surface area contributed by atoms with Gasteiger partial charge >= 0.3 is 0 Å². The highest BCUT2D eigenvalue weighted by Crippen LogP contribution is 2.16. The molecular formula is C22H26O2Si. The van der Waals surface area contributed by atoms with Gasteiger partial charge in [-0.2, -0.15) is 0 Å². The molecule has 3 aromatic rings. The van der Waals surface area contributed by atoms with Gasteiger partial charge in [0.2, 0.25) is 0 Å². The van der Waals surface area contributed by atoms with E-state index in [1.807, 2.05) is 37.3 Å². The number of aromatic hydroxyl groups is 1. The third-order valence-electron chi connectivity index (χ3n) is 3.90. The smallest absolute Gasteiger partial charge is 0.276 e. The molecule has 3 rings (SSSR count). The molecule has 130 valence electrons. The summed E-state index contributed by atoms with van der Waals surface area (Å²) in [5, 5.41) is 10.1. The number of hydrogen-bond acceptors (Lipinski definition) is 2. The Balaban J connectivity index is 0.000000236. The monoisotopic (exact) mass is 350 g/mol. The van der Waals surface area contributed by atoms with E-state index in [4.69, 9.17) is 9.53 Å². The highest BCUT2D eigenvalue weighted by molar-refractivity contribution is 6.84. The van der Waals surface area contributed by atoms with Crippen LogP contribution in [0.3, 0.4) is 0 Å². The molecule has 0 amide bonds. The summed E-state index contributed by atoms with van der Waals surface area (Å²) in [7, 11) is -1.84. The molecule has 0 aliphatic heterocycles. The zero-order valence-electron chi connectivity index (χ0n) is 15.4. The highest BCUT2D eigenvalue weighted by atomic mass is 28.4. The van der Waals surface area contributed by atoms with E-state index >= 15 is 0 Å². The van der Waals surface area contributed by atoms with Gasteiger partial charge in [0.15, 0.2) is 0 Å². The van der Waals surface area contributed by atoms with Crippen LogP contribution in [0.5, 0.6) is 11.5 Å². The van der Waals surface area contributed by atoms with E-state index < -0.39 is 8.32 Å². The van der Waals surface area contributed by atoms with E-state index in [1.54, 1.807) is 12.1 Å². The van der Waals surface area contributed by atoms with Crippen molar-refractivity contribution in [3.05, 3.63) is 90.0 Å². The minimum absolute atomic E-state index is 0.329. The average molecular weight is 351 g/mol. The number of rotatable bonds is 3. The van der Waals surface area contributed by atoms with Gasteiger partial charge in [0, 0.05) is 0 Å². The quantitative estimate of drug-likeness (QED) is 0.659. The van der Waals surface area contributed by atoms with Crippen LogP contribution < -0.4 is 9.61 Å². The lowest BCUT2D eigenvalue weighted by atomic mass is 10.2. The number of benzene rings is 3. The maximum Gasteiger partial charge on any atom is 0.276 e. The molecule has 0 aliphatic carbocycles. The van der Waals surface area contributed by atoms with Crippen molar-refractivity contribution >= 4 is 13.5 Å². The molecule has 0 aromatic heterocycles. The number of aryl methyl sites for hydroxylation is 2. The Hall–Kier alpha value is -2.52. The minimum Gasteiger partial charge on any atom is -0.540 e. The Kier molecular flexibility index (Phi) is 6.42. The van der Waals surface area contributed by atoms with Gasteiger partial charge < -0.3 is 9.53 Å². The van der Waals surface area contributed by atoms with Crippen LogP contribution in [-0.2, 0) is 0 Å². The van der Waals surface area contributed by atoms with Crippen molar-refractivity contribution in [1.29, 1.82) is 0 Å². The van der Waals surface area contributed by atoms with Gasteiger partial charge in [0.25, 0.3) is 8.32 Å². The first-order valence-corrected chi connectivity index (χ1v) is 11.3. The molecule has 0 heterocycles. The van der Waals surface area contributed by atoms with Crippen molar-refractivity contribution in [2.24, 2.45) is 0 Å². The summed E-state index contributed by atoms with van der Waals surface area (Å²) in [5.74, 6) is 1.30. The van der Waals surface area contributed by atoms with Crippen LogP contribution in [0.25, 0.3) is 0 Å². The van der Waals surface area contributed by atoms with Crippen molar-refractivity contribution in [2.75, 3.05) is 0 Å². The molecule has 0 bridgehead atoms. The van der Waals surface area contributed by atoms with Crippen LogP contribution >= 0.6 is 0 Å². The van der Waals surface area contributed by atoms with Crippen molar-refractivity contribution in [1.82, 2.24) is 0 Å². The summed E-state index contributed by atoms with van der Waals surface area (Å²) in [6.45, 7) is 8.52. The Morgan fingerprint density at radius 2 is 1.16 bits per heavy atom. The molecule has 0 aliphatic rings. The fourth-order valence-electron chi connectivity index (χ4n) is 2.34. The van der Waals surface area contributed by atoms with Crippen LogP contribution in [0.2, 0.25) is 13.1 Å². The highest BCUT2D eigenvalue weighted by Gasteiger charge is 2.26. The predicted molar refractivity (Wildman–Crippen MR) is 108 cm³/mol. The minimum atomic E-state index is -1.84. The lowest BCUT2D eigenvalue weighted by Gasteiger charge is -2.24. The molecule has 25 heavy (non-hydrogen) atoms. The second-order valence-corrected chi connectivity index (χ2v) is 10.4. The molecule has 0 fully saturated rings. The van der Waals surface area contributed by atoms with Crippen molar-refractivity contribution in [2.45, 2.75) is 26.9 Å². The fourth-order valence-corrected chi connectivity index (χ4v) is 4.18. The predicted octanol–water partition coefficient (Wildman–Crippen LogP) is 5.19. The molecule has 0 atom stereocenters. The Morgan fingerprint density at radius 3 is 1.64 bits per heavy atom. The van der Waals surface area contributed by atoms with Crippen LogP contribution in [0, 0.1) is 13.8 Å². The van der Waals surface area contributed by atoms with Gasteiger partial charge in [0.1, 0.15) is 11.5 Å². The van der Waals surface area contributed by atoms with Gasteiger partial charge in [-0.25, -0.2) is 0 Å². The topological polar surface area (TPSA) is 29.5 Å². The van der Waals surface area contributed by atoms with Crippen molar-refractivity contribution < 1.29 is 9.53 Å². The number of hydrogen-bond donors (Lipinski definition) is 1. The fraction of sp³-hybridized carbons (Fsp3) is 0.182. The van der Waals surface area contributed by atoms with E-state index in [2.05, 4.69) is 56.4 Å². The van der Waals surface area contributed by atoms with Crippen LogP contribution in [-0.4, -0.2) is 13.4 Å². The third kappa shape index (κ3) is 6.12. The van der Waals surface area contributed by atoms with E-state index in [0.29, 0.717) is 5.75 Å². The standard InChI is InChI=1S/C15H18OSi.C7H8O/c1-13-9-11-14(12-10-13)16-17(2,3)15-7-5-4-6-8-15;1-6-2-4-7(8)5-3-6/h4-12H,1-3H3;2-5,8H,1H3. The van der Waals surface area contributed by atoms with E-state index in [9.17, 15) is 0 Å². The van der Waals surface area contributed by atoms with Crippen LogP contribution in [0.15, 0.2) is 78.9 Å². The Labute approximate surface area is 151 Å². The zero-order chi connectivity index (χ0) is 18.3. The molecule has 3 heteroatoms. The molecule has 0 radical (unpaired) electrons. The summed E-state index contributed by atoms with van der Waals surface area (Å²) < 4.78 is 6.18. The average Bonchev–Trinajstić information content (AvgIpc) is 2.61. The summed E-state index contributed by atoms with van der Waals surface area (Å²) in [6.07, 6.45) is 0. The molecule has 1 N–H and O–H groups in total. The normalized spacial score (nSPS) is 10.6.